The van der Waals surface area contributed by atoms with E-state index in [1.54, 1.807) is 0 Å². The van der Waals surface area contributed by atoms with Crippen LogP contribution in [0.4, 0.5) is 0 Å². The number of phosphoric acid groups is 2. The molecule has 0 aliphatic rings. The lowest BCUT2D eigenvalue weighted by Gasteiger charge is -2.21. The third-order valence-corrected chi connectivity index (χ3v) is 20.5. The standard InChI is InChI=1S/C77H150O17P2/c1-8-11-12-13-14-15-16-17-18-19-20-32-39-46-53-60-76(81)93-72(64-88-75(80)59-52-45-38-31-25-22-28-35-42-49-56-69(6)9-2)66-91-95(83,84)89-62-71(78)63-90-96(85,86)92-67-73(65-87-74(79)58-51-44-37-30-24-21-27-34-41-48-55-68(4)5)94-77(82)61-54-47-40-33-26-23-29-36-43-50-57-70(7)10-3/h68-73,78H,8-67H2,1-7H3,(H,83,84)(H,85,86)/t69?,70?,71-,72-,73-/m1/s1. The fraction of sp³-hybridized carbons (Fsp3) is 0.948. The predicted molar refractivity (Wildman–Crippen MR) is 391 cm³/mol. The Balaban J connectivity index is 5.28. The number of unbranched alkanes of at least 4 members (excludes halogenated alkanes) is 41. The monoisotopic (exact) mass is 1410 g/mol. The van der Waals surface area contributed by atoms with E-state index in [4.69, 9.17) is 37.0 Å². The Bertz CT molecular complexity index is 1870. The molecule has 7 atom stereocenters. The van der Waals surface area contributed by atoms with Crippen LogP contribution in [-0.2, 0) is 65.4 Å². The van der Waals surface area contributed by atoms with Gasteiger partial charge < -0.3 is 33.8 Å². The number of ether oxygens (including phenoxy) is 4. The van der Waals surface area contributed by atoms with Crippen molar-refractivity contribution in [2.24, 2.45) is 17.8 Å². The van der Waals surface area contributed by atoms with Gasteiger partial charge in [0.25, 0.3) is 0 Å². The summed E-state index contributed by atoms with van der Waals surface area (Å²) in [5, 5.41) is 10.6. The first kappa shape index (κ1) is 94.1. The fourth-order valence-corrected chi connectivity index (χ4v) is 13.3. The molecule has 0 aliphatic heterocycles. The van der Waals surface area contributed by atoms with Crippen LogP contribution in [0.5, 0.6) is 0 Å². The van der Waals surface area contributed by atoms with Crippen LogP contribution in [-0.4, -0.2) is 96.7 Å². The highest BCUT2D eigenvalue weighted by Crippen LogP contribution is 2.45. The minimum Gasteiger partial charge on any atom is -0.462 e. The van der Waals surface area contributed by atoms with Crippen molar-refractivity contribution in [2.75, 3.05) is 39.6 Å². The van der Waals surface area contributed by atoms with Crippen LogP contribution < -0.4 is 0 Å². The number of aliphatic hydroxyl groups is 1. The smallest absolute Gasteiger partial charge is 0.462 e. The van der Waals surface area contributed by atoms with Crippen molar-refractivity contribution in [2.45, 2.75) is 414 Å². The number of phosphoric ester groups is 2. The molecule has 0 heterocycles. The number of aliphatic hydroxyl groups excluding tert-OH is 1. The molecule has 0 bridgehead atoms. The number of carbonyl (C=O) groups excluding carboxylic acids is 4. The average Bonchev–Trinajstić information content (AvgIpc) is 1.27. The van der Waals surface area contributed by atoms with Gasteiger partial charge in [-0.15, -0.1) is 0 Å². The second kappa shape index (κ2) is 67.5. The van der Waals surface area contributed by atoms with Gasteiger partial charge in [0.05, 0.1) is 26.4 Å². The molecule has 96 heavy (non-hydrogen) atoms. The van der Waals surface area contributed by atoms with Crippen LogP contribution in [0.3, 0.4) is 0 Å². The van der Waals surface area contributed by atoms with Gasteiger partial charge in [-0.05, 0) is 43.4 Å². The normalized spacial score (nSPS) is 14.6. The van der Waals surface area contributed by atoms with E-state index >= 15 is 0 Å². The lowest BCUT2D eigenvalue weighted by atomic mass is 9.99. The summed E-state index contributed by atoms with van der Waals surface area (Å²) >= 11 is 0. The van der Waals surface area contributed by atoms with Gasteiger partial charge in [-0.3, -0.25) is 37.3 Å². The summed E-state index contributed by atoms with van der Waals surface area (Å²) in [6, 6.07) is 0. The first-order chi connectivity index (χ1) is 46.3. The van der Waals surface area contributed by atoms with Crippen LogP contribution in [0, 0.1) is 17.8 Å². The fourth-order valence-electron chi connectivity index (χ4n) is 11.7. The SMILES string of the molecule is CCCCCCCCCCCCCCCCCC(=O)O[C@H](COC(=O)CCCCCCCCCCCCC(C)CC)COP(=O)(O)OC[C@@H](O)COP(=O)(O)OC[C@@H](COC(=O)CCCCCCCCCCCCC(C)C)OC(=O)CCCCCCCCCCCCC(C)CC. The molecule has 19 heteroatoms. The molecule has 3 N–H and O–H groups in total. The maximum absolute atomic E-state index is 13.1. The van der Waals surface area contributed by atoms with Crippen LogP contribution in [0.2, 0.25) is 0 Å². The van der Waals surface area contributed by atoms with Crippen molar-refractivity contribution in [3.63, 3.8) is 0 Å². The molecule has 0 aliphatic carbocycles. The minimum atomic E-state index is -4.96. The molecule has 0 radical (unpaired) electrons. The van der Waals surface area contributed by atoms with Crippen molar-refractivity contribution >= 4 is 39.5 Å². The predicted octanol–water partition coefficient (Wildman–Crippen LogP) is 22.6. The third-order valence-electron chi connectivity index (χ3n) is 18.6. The van der Waals surface area contributed by atoms with Gasteiger partial charge in [0.15, 0.2) is 12.2 Å². The van der Waals surface area contributed by atoms with E-state index in [2.05, 4.69) is 48.5 Å². The summed E-state index contributed by atoms with van der Waals surface area (Å²) in [7, 11) is -9.92. The lowest BCUT2D eigenvalue weighted by Crippen LogP contribution is -2.30. The highest BCUT2D eigenvalue weighted by Gasteiger charge is 2.30. The van der Waals surface area contributed by atoms with Crippen molar-refractivity contribution in [1.82, 2.24) is 0 Å². The van der Waals surface area contributed by atoms with E-state index in [0.29, 0.717) is 25.7 Å². The Kier molecular flexibility index (Phi) is 66.2. The van der Waals surface area contributed by atoms with E-state index < -0.39 is 97.5 Å². The molecular formula is C77H150O17P2. The molecular weight excluding hydrogens is 1260 g/mol. The van der Waals surface area contributed by atoms with Gasteiger partial charge in [0, 0.05) is 25.7 Å². The van der Waals surface area contributed by atoms with Gasteiger partial charge in [-0.25, -0.2) is 9.13 Å². The van der Waals surface area contributed by atoms with Gasteiger partial charge >= 0.3 is 39.5 Å². The Morgan fingerprint density at radius 1 is 0.302 bits per heavy atom. The summed E-state index contributed by atoms with van der Waals surface area (Å²) in [5.41, 5.74) is 0. The van der Waals surface area contributed by atoms with Crippen molar-refractivity contribution in [1.29, 1.82) is 0 Å². The van der Waals surface area contributed by atoms with Crippen LogP contribution in [0.25, 0.3) is 0 Å². The van der Waals surface area contributed by atoms with Crippen LogP contribution in [0.15, 0.2) is 0 Å². The molecule has 0 amide bonds. The quantitative estimate of drug-likeness (QED) is 0.0222. The van der Waals surface area contributed by atoms with Crippen LogP contribution in [0.1, 0.15) is 395 Å². The molecule has 0 aromatic rings. The van der Waals surface area contributed by atoms with Gasteiger partial charge in [0.2, 0.25) is 0 Å². The highest BCUT2D eigenvalue weighted by atomic mass is 31.2. The maximum Gasteiger partial charge on any atom is 0.472 e. The molecule has 0 aromatic carbocycles. The minimum absolute atomic E-state index is 0.106. The molecule has 4 unspecified atom stereocenters. The molecule has 0 aromatic heterocycles. The number of hydrogen-bond acceptors (Lipinski definition) is 15. The molecule has 0 rings (SSSR count). The Hall–Kier alpha value is -1.94. The first-order valence-corrected chi connectivity index (χ1v) is 42.9. The van der Waals surface area contributed by atoms with Crippen molar-refractivity contribution in [3.8, 4) is 0 Å². The van der Waals surface area contributed by atoms with Gasteiger partial charge in [-0.1, -0.05) is 344 Å². The summed E-state index contributed by atoms with van der Waals surface area (Å²) in [6.45, 7) is 12.0. The summed E-state index contributed by atoms with van der Waals surface area (Å²) in [5.74, 6) is 0.257. The summed E-state index contributed by atoms with van der Waals surface area (Å²) < 4.78 is 68.6. The highest BCUT2D eigenvalue weighted by molar-refractivity contribution is 7.47. The van der Waals surface area contributed by atoms with Gasteiger partial charge in [-0.2, -0.15) is 0 Å². The summed E-state index contributed by atoms with van der Waals surface area (Å²) in [6.07, 6.45) is 53.8. The molecule has 0 saturated heterocycles. The lowest BCUT2D eigenvalue weighted by molar-refractivity contribution is -0.161. The van der Waals surface area contributed by atoms with Crippen molar-refractivity contribution < 1.29 is 80.2 Å². The molecule has 17 nitrogen and oxygen atoms in total. The second-order valence-electron chi connectivity index (χ2n) is 28.7. The average molecular weight is 1410 g/mol. The van der Waals surface area contributed by atoms with Crippen LogP contribution >= 0.6 is 15.6 Å². The van der Waals surface area contributed by atoms with E-state index in [1.165, 1.54) is 205 Å². The topological polar surface area (TPSA) is 237 Å². The Morgan fingerprint density at radius 3 is 0.792 bits per heavy atom. The Labute approximate surface area is 588 Å². The Morgan fingerprint density at radius 2 is 0.531 bits per heavy atom. The van der Waals surface area contributed by atoms with Gasteiger partial charge in [0.1, 0.15) is 19.3 Å². The maximum atomic E-state index is 13.1. The molecule has 570 valence electrons. The number of hydrogen-bond donors (Lipinski definition) is 3. The van der Waals surface area contributed by atoms with E-state index in [9.17, 15) is 43.2 Å². The zero-order valence-electron chi connectivity index (χ0n) is 62.8. The molecule has 0 spiro atoms. The molecule has 0 fully saturated rings. The van der Waals surface area contributed by atoms with E-state index in [1.807, 2.05) is 0 Å². The van der Waals surface area contributed by atoms with E-state index in [-0.39, 0.29) is 25.7 Å². The number of carbonyl (C=O) groups is 4. The van der Waals surface area contributed by atoms with Crippen molar-refractivity contribution in [3.05, 3.63) is 0 Å². The number of rotatable bonds is 75. The summed E-state index contributed by atoms with van der Waals surface area (Å²) in [4.78, 5) is 72.9. The molecule has 0 saturated carbocycles. The largest absolute Gasteiger partial charge is 0.472 e. The van der Waals surface area contributed by atoms with E-state index in [0.717, 1.165) is 108 Å². The zero-order chi connectivity index (χ0) is 70.9. The zero-order valence-corrected chi connectivity index (χ0v) is 64.6. The first-order valence-electron chi connectivity index (χ1n) is 39.9. The second-order valence-corrected chi connectivity index (χ2v) is 31.6. The third kappa shape index (κ3) is 67.9. The number of esters is 4.